The van der Waals surface area contributed by atoms with Crippen molar-refractivity contribution in [2.24, 2.45) is 0 Å². The van der Waals surface area contributed by atoms with Crippen LogP contribution in [-0.2, 0) is 9.53 Å². The van der Waals surface area contributed by atoms with Crippen molar-refractivity contribution in [3.8, 4) is 5.75 Å². The van der Waals surface area contributed by atoms with E-state index in [4.69, 9.17) is 9.47 Å². The second kappa shape index (κ2) is 8.39. The topological polar surface area (TPSA) is 47.6 Å². The summed E-state index contributed by atoms with van der Waals surface area (Å²) in [6.07, 6.45) is 2.30. The molecule has 1 aromatic carbocycles. The summed E-state index contributed by atoms with van der Waals surface area (Å²) in [6, 6.07) is 7.79. The second-order valence-electron chi connectivity index (χ2n) is 3.92. The standard InChI is InChI=1S/C14H21NO3/c1-3-18-14(16)6-4-5-11-15-12-7-9-13(17-2)10-8-12/h7-10,15H,3-6,11H2,1-2H3. The van der Waals surface area contributed by atoms with Crippen LogP contribution in [0.3, 0.4) is 0 Å². The molecule has 0 saturated carbocycles. The molecule has 0 aliphatic rings. The Morgan fingerprint density at radius 2 is 1.94 bits per heavy atom. The molecule has 0 heterocycles. The number of methoxy groups -OCH3 is 1. The first-order valence-corrected chi connectivity index (χ1v) is 6.29. The van der Waals surface area contributed by atoms with Crippen LogP contribution in [0.1, 0.15) is 26.2 Å². The minimum absolute atomic E-state index is 0.109. The fourth-order valence-electron chi connectivity index (χ4n) is 1.57. The summed E-state index contributed by atoms with van der Waals surface area (Å²) in [4.78, 5) is 11.1. The van der Waals surface area contributed by atoms with Crippen LogP contribution in [0.5, 0.6) is 5.75 Å². The first kappa shape index (κ1) is 14.4. The summed E-state index contributed by atoms with van der Waals surface area (Å²) in [5, 5.41) is 3.29. The van der Waals surface area contributed by atoms with Gasteiger partial charge in [-0.3, -0.25) is 4.79 Å². The van der Waals surface area contributed by atoms with E-state index in [9.17, 15) is 4.79 Å². The molecule has 0 spiro atoms. The number of anilines is 1. The van der Waals surface area contributed by atoms with Gasteiger partial charge in [0.25, 0.3) is 0 Å². The van der Waals surface area contributed by atoms with Crippen LogP contribution in [0.25, 0.3) is 0 Å². The molecule has 100 valence electrons. The van der Waals surface area contributed by atoms with Crippen molar-refractivity contribution in [3.63, 3.8) is 0 Å². The molecule has 4 heteroatoms. The summed E-state index contributed by atoms with van der Waals surface area (Å²) in [5.41, 5.74) is 1.06. The molecule has 18 heavy (non-hydrogen) atoms. The molecule has 0 bridgehead atoms. The molecule has 0 aromatic heterocycles. The van der Waals surface area contributed by atoms with Crippen LogP contribution in [0.15, 0.2) is 24.3 Å². The summed E-state index contributed by atoms with van der Waals surface area (Å²) in [7, 11) is 1.65. The monoisotopic (exact) mass is 251 g/mol. The summed E-state index contributed by atoms with van der Waals surface area (Å²) >= 11 is 0. The highest BCUT2D eigenvalue weighted by molar-refractivity contribution is 5.69. The van der Waals surface area contributed by atoms with Crippen molar-refractivity contribution in [2.45, 2.75) is 26.2 Å². The van der Waals surface area contributed by atoms with Crippen molar-refractivity contribution < 1.29 is 14.3 Å². The Hall–Kier alpha value is -1.71. The fraction of sp³-hybridized carbons (Fsp3) is 0.500. The van der Waals surface area contributed by atoms with Gasteiger partial charge < -0.3 is 14.8 Å². The van der Waals surface area contributed by atoms with E-state index in [1.54, 1.807) is 7.11 Å². The smallest absolute Gasteiger partial charge is 0.305 e. The van der Waals surface area contributed by atoms with Gasteiger partial charge in [0, 0.05) is 18.7 Å². The van der Waals surface area contributed by atoms with Crippen molar-refractivity contribution in [1.82, 2.24) is 0 Å². The fourth-order valence-corrected chi connectivity index (χ4v) is 1.57. The largest absolute Gasteiger partial charge is 0.497 e. The lowest BCUT2D eigenvalue weighted by molar-refractivity contribution is -0.143. The molecule has 0 aliphatic heterocycles. The summed E-state index contributed by atoms with van der Waals surface area (Å²) < 4.78 is 9.94. The molecule has 0 unspecified atom stereocenters. The number of carbonyl (C=O) groups is 1. The highest BCUT2D eigenvalue weighted by Gasteiger charge is 2.00. The van der Waals surface area contributed by atoms with Gasteiger partial charge in [0.05, 0.1) is 13.7 Å². The SMILES string of the molecule is CCOC(=O)CCCCNc1ccc(OC)cc1. The quantitative estimate of drug-likeness (QED) is 0.570. The molecular weight excluding hydrogens is 230 g/mol. The first-order chi connectivity index (χ1) is 8.76. The number of hydrogen-bond donors (Lipinski definition) is 1. The zero-order valence-corrected chi connectivity index (χ0v) is 11.1. The Morgan fingerprint density at radius 3 is 2.56 bits per heavy atom. The van der Waals surface area contributed by atoms with Gasteiger partial charge >= 0.3 is 5.97 Å². The van der Waals surface area contributed by atoms with E-state index in [-0.39, 0.29) is 5.97 Å². The maximum Gasteiger partial charge on any atom is 0.305 e. The highest BCUT2D eigenvalue weighted by atomic mass is 16.5. The predicted molar refractivity (Wildman–Crippen MR) is 72.0 cm³/mol. The molecule has 1 aromatic rings. The Morgan fingerprint density at radius 1 is 1.22 bits per heavy atom. The number of nitrogens with one attached hydrogen (secondary N) is 1. The van der Waals surface area contributed by atoms with E-state index >= 15 is 0 Å². The van der Waals surface area contributed by atoms with Gasteiger partial charge in [-0.1, -0.05) is 0 Å². The molecule has 0 saturated heterocycles. The van der Waals surface area contributed by atoms with Crippen LogP contribution >= 0.6 is 0 Å². The third kappa shape index (κ3) is 5.57. The van der Waals surface area contributed by atoms with Crippen LogP contribution in [-0.4, -0.2) is 26.2 Å². The zero-order chi connectivity index (χ0) is 13.2. The number of unbranched alkanes of at least 4 members (excludes halogenated alkanes) is 1. The number of carbonyl (C=O) groups excluding carboxylic acids is 1. The Labute approximate surface area is 108 Å². The van der Waals surface area contributed by atoms with Gasteiger partial charge in [0.2, 0.25) is 0 Å². The highest BCUT2D eigenvalue weighted by Crippen LogP contribution is 2.14. The maximum absolute atomic E-state index is 11.1. The summed E-state index contributed by atoms with van der Waals surface area (Å²) in [6.45, 7) is 3.14. The van der Waals surface area contributed by atoms with Crippen molar-refractivity contribution >= 4 is 11.7 Å². The van der Waals surface area contributed by atoms with E-state index in [2.05, 4.69) is 5.32 Å². The van der Waals surface area contributed by atoms with E-state index in [1.165, 1.54) is 0 Å². The molecule has 4 nitrogen and oxygen atoms in total. The Kier molecular flexibility index (Phi) is 6.69. The maximum atomic E-state index is 11.1. The number of benzene rings is 1. The van der Waals surface area contributed by atoms with Crippen LogP contribution in [0, 0.1) is 0 Å². The number of rotatable bonds is 8. The van der Waals surface area contributed by atoms with E-state index < -0.39 is 0 Å². The molecule has 1 N–H and O–H groups in total. The molecule has 0 aliphatic carbocycles. The number of ether oxygens (including phenoxy) is 2. The van der Waals surface area contributed by atoms with E-state index in [0.717, 1.165) is 30.8 Å². The third-order valence-corrected chi connectivity index (χ3v) is 2.53. The van der Waals surface area contributed by atoms with Gasteiger partial charge in [-0.05, 0) is 44.0 Å². The van der Waals surface area contributed by atoms with Crippen molar-refractivity contribution in [3.05, 3.63) is 24.3 Å². The van der Waals surface area contributed by atoms with Gasteiger partial charge in [0.1, 0.15) is 5.75 Å². The second-order valence-corrected chi connectivity index (χ2v) is 3.92. The summed E-state index contributed by atoms with van der Waals surface area (Å²) in [5.74, 6) is 0.741. The van der Waals surface area contributed by atoms with Gasteiger partial charge in [-0.25, -0.2) is 0 Å². The Bertz CT molecular complexity index is 349. The lowest BCUT2D eigenvalue weighted by Crippen LogP contribution is -2.06. The van der Waals surface area contributed by atoms with Crippen molar-refractivity contribution in [1.29, 1.82) is 0 Å². The molecular formula is C14H21NO3. The lowest BCUT2D eigenvalue weighted by atomic mass is 10.2. The van der Waals surface area contributed by atoms with Gasteiger partial charge in [-0.2, -0.15) is 0 Å². The molecule has 0 fully saturated rings. The van der Waals surface area contributed by atoms with Crippen LogP contribution in [0.4, 0.5) is 5.69 Å². The van der Waals surface area contributed by atoms with Crippen molar-refractivity contribution in [2.75, 3.05) is 25.6 Å². The van der Waals surface area contributed by atoms with E-state index in [1.807, 2.05) is 31.2 Å². The minimum Gasteiger partial charge on any atom is -0.497 e. The Balaban J connectivity index is 2.12. The molecule has 0 atom stereocenters. The van der Waals surface area contributed by atoms with Crippen LogP contribution in [0.2, 0.25) is 0 Å². The van der Waals surface area contributed by atoms with Gasteiger partial charge in [0.15, 0.2) is 0 Å². The zero-order valence-electron chi connectivity index (χ0n) is 11.1. The van der Waals surface area contributed by atoms with Gasteiger partial charge in [-0.15, -0.1) is 0 Å². The van der Waals surface area contributed by atoms with E-state index in [0.29, 0.717) is 13.0 Å². The average Bonchev–Trinajstić information content (AvgIpc) is 2.39. The number of hydrogen-bond acceptors (Lipinski definition) is 4. The molecule has 0 radical (unpaired) electrons. The average molecular weight is 251 g/mol. The van der Waals surface area contributed by atoms with Crippen LogP contribution < -0.4 is 10.1 Å². The molecule has 0 amide bonds. The minimum atomic E-state index is -0.109. The third-order valence-electron chi connectivity index (χ3n) is 2.53. The predicted octanol–water partition coefficient (Wildman–Crippen LogP) is 2.84. The first-order valence-electron chi connectivity index (χ1n) is 6.29. The molecule has 1 rings (SSSR count). The lowest BCUT2D eigenvalue weighted by Gasteiger charge is -2.07. The number of esters is 1. The normalized spacial score (nSPS) is 9.89.